The Morgan fingerprint density at radius 2 is 0.736 bits per heavy atom. The van der Waals surface area contributed by atoms with E-state index in [9.17, 15) is 17.6 Å². The zero-order chi connectivity index (χ0) is 37.4. The van der Waals surface area contributed by atoms with E-state index in [1.54, 1.807) is 24.3 Å². The lowest BCUT2D eigenvalue weighted by atomic mass is 9.78. The first-order chi connectivity index (χ1) is 25.8. The summed E-state index contributed by atoms with van der Waals surface area (Å²) in [6.07, 6.45) is 20.2. The van der Waals surface area contributed by atoms with Gasteiger partial charge in [-0.05, 0) is 107 Å². The Hall–Kier alpha value is -3.80. The molecular weight excluding hydrogens is 673 g/mol. The molecule has 6 heteroatoms. The highest BCUT2D eigenvalue weighted by Gasteiger charge is 2.21. The molecule has 286 valence electrons. The quantitative estimate of drug-likeness (QED) is 0.113. The summed E-state index contributed by atoms with van der Waals surface area (Å²) in [6.45, 7) is -0.957. The number of hydrogen-bond donors (Lipinski definition) is 0. The van der Waals surface area contributed by atoms with E-state index in [0.29, 0.717) is 0 Å². The van der Waals surface area contributed by atoms with Crippen LogP contribution < -0.4 is 9.47 Å². The van der Waals surface area contributed by atoms with Gasteiger partial charge in [-0.15, -0.1) is 0 Å². The first-order valence-corrected chi connectivity index (χ1v) is 20.1. The first kappa shape index (κ1) is 40.4. The van der Waals surface area contributed by atoms with Gasteiger partial charge in [0.1, 0.15) is 11.5 Å². The normalized spacial score (nSPS) is 20.2. The maximum absolute atomic E-state index is 12.2. The molecule has 0 amide bonds. The fourth-order valence-electron chi connectivity index (χ4n) is 8.27. The van der Waals surface area contributed by atoms with Crippen molar-refractivity contribution >= 4 is 0 Å². The molecule has 0 bridgehead atoms. The van der Waals surface area contributed by atoms with Crippen molar-refractivity contribution in [3.05, 3.63) is 108 Å². The number of rotatable bonds is 15. The first-order valence-electron chi connectivity index (χ1n) is 20.1. The lowest BCUT2D eigenvalue weighted by Gasteiger charge is -2.28. The zero-order valence-electron chi connectivity index (χ0n) is 31.6. The van der Waals surface area contributed by atoms with E-state index >= 15 is 0 Å². The Morgan fingerprint density at radius 1 is 0.434 bits per heavy atom. The summed E-state index contributed by atoms with van der Waals surface area (Å²) in [4.78, 5) is 0. The molecular formula is C47H58F4O2. The third-order valence-corrected chi connectivity index (χ3v) is 11.6. The van der Waals surface area contributed by atoms with Gasteiger partial charge in [-0.1, -0.05) is 157 Å². The van der Waals surface area contributed by atoms with Crippen LogP contribution in [0.5, 0.6) is 11.5 Å². The maximum Gasteiger partial charge on any atom is 0.387 e. The van der Waals surface area contributed by atoms with Gasteiger partial charge in [0.05, 0.1) is 0 Å². The Kier molecular flexibility index (Phi) is 16.1. The third kappa shape index (κ3) is 13.5. The SMILES string of the molecule is CCC[C@H]1CC[C@H](CCc2ccc(-c3ccc(OC(F)F)cc3)cc2)CC1.CC[C@H]1CC[C@H](CCc2ccc(-c3ccc(OC(F)F)cc3)cc2)CC1. The number of alkyl halides is 4. The molecule has 0 radical (unpaired) electrons. The standard InChI is InChI=1S/C24H30F2O.C23H28F2O/c1-2-3-18-4-6-19(7-5-18)8-9-20-10-12-21(13-11-20)22-14-16-23(17-15-22)27-24(25)26;1-2-17-3-5-18(6-4-17)7-8-19-9-11-20(12-10-19)21-13-15-22(16-14-21)26-23(24)25/h10-19,24H,2-9H2,1H3;9-18,23H,2-8H2,1H3/t18-,19-;17-,18-. The van der Waals surface area contributed by atoms with Crippen LogP contribution in [0.15, 0.2) is 97.1 Å². The summed E-state index contributed by atoms with van der Waals surface area (Å²) in [6, 6.07) is 30.9. The van der Waals surface area contributed by atoms with Crippen LogP contribution in [0.25, 0.3) is 22.3 Å². The molecule has 2 aliphatic carbocycles. The van der Waals surface area contributed by atoms with E-state index in [-0.39, 0.29) is 11.5 Å². The monoisotopic (exact) mass is 730 g/mol. The summed E-state index contributed by atoms with van der Waals surface area (Å²) in [5.41, 5.74) is 6.98. The lowest BCUT2D eigenvalue weighted by molar-refractivity contribution is -0.0505. The molecule has 0 heterocycles. The van der Waals surface area contributed by atoms with Crippen LogP contribution in [0.4, 0.5) is 17.6 Å². The summed E-state index contributed by atoms with van der Waals surface area (Å²) in [5, 5.41) is 0. The van der Waals surface area contributed by atoms with Crippen LogP contribution in [-0.4, -0.2) is 13.2 Å². The molecule has 4 aromatic rings. The van der Waals surface area contributed by atoms with Crippen molar-refractivity contribution in [3.8, 4) is 33.8 Å². The van der Waals surface area contributed by atoms with Crippen LogP contribution in [0.1, 0.15) is 108 Å². The molecule has 0 spiro atoms. The second-order valence-electron chi connectivity index (χ2n) is 15.2. The van der Waals surface area contributed by atoms with E-state index in [2.05, 4.69) is 71.9 Å². The number of aryl methyl sites for hydroxylation is 2. The predicted octanol–water partition coefficient (Wildman–Crippen LogP) is 14.6. The molecule has 2 nitrogen and oxygen atoms in total. The van der Waals surface area contributed by atoms with E-state index < -0.39 is 13.2 Å². The van der Waals surface area contributed by atoms with Gasteiger partial charge in [0, 0.05) is 0 Å². The average molecular weight is 731 g/mol. The Morgan fingerprint density at radius 3 is 1.04 bits per heavy atom. The number of ether oxygens (including phenoxy) is 2. The molecule has 6 rings (SSSR count). The van der Waals surface area contributed by atoms with Gasteiger partial charge in [0.25, 0.3) is 0 Å². The van der Waals surface area contributed by atoms with Crippen molar-refractivity contribution in [1.29, 1.82) is 0 Å². The molecule has 0 atom stereocenters. The smallest absolute Gasteiger partial charge is 0.387 e. The van der Waals surface area contributed by atoms with Crippen molar-refractivity contribution in [2.45, 2.75) is 123 Å². The lowest BCUT2D eigenvalue weighted by Crippen LogP contribution is -2.15. The zero-order valence-corrected chi connectivity index (χ0v) is 31.6. The van der Waals surface area contributed by atoms with Crippen LogP contribution >= 0.6 is 0 Å². The molecule has 2 saturated carbocycles. The molecule has 0 saturated heterocycles. The van der Waals surface area contributed by atoms with Gasteiger partial charge in [-0.2, -0.15) is 17.6 Å². The summed E-state index contributed by atoms with van der Waals surface area (Å²) in [7, 11) is 0. The van der Waals surface area contributed by atoms with Crippen molar-refractivity contribution in [2.24, 2.45) is 23.7 Å². The van der Waals surface area contributed by atoms with Crippen LogP contribution in [0.2, 0.25) is 0 Å². The topological polar surface area (TPSA) is 18.5 Å². The van der Waals surface area contributed by atoms with Gasteiger partial charge in [0.2, 0.25) is 0 Å². The largest absolute Gasteiger partial charge is 0.435 e. The minimum Gasteiger partial charge on any atom is -0.435 e. The van der Waals surface area contributed by atoms with E-state index in [0.717, 1.165) is 58.8 Å². The van der Waals surface area contributed by atoms with E-state index in [1.165, 1.54) is 94.6 Å². The van der Waals surface area contributed by atoms with Gasteiger partial charge < -0.3 is 9.47 Å². The van der Waals surface area contributed by atoms with Gasteiger partial charge in [0.15, 0.2) is 0 Å². The van der Waals surface area contributed by atoms with Crippen LogP contribution in [0, 0.1) is 23.7 Å². The molecule has 2 fully saturated rings. The summed E-state index contributed by atoms with van der Waals surface area (Å²) in [5.74, 6) is 4.10. The van der Waals surface area contributed by atoms with Gasteiger partial charge >= 0.3 is 13.2 Å². The summed E-state index contributed by atoms with van der Waals surface area (Å²) >= 11 is 0. The Bertz CT molecular complexity index is 1570. The molecule has 0 unspecified atom stereocenters. The van der Waals surface area contributed by atoms with Gasteiger partial charge in [-0.25, -0.2) is 0 Å². The second-order valence-corrected chi connectivity index (χ2v) is 15.2. The maximum atomic E-state index is 12.2. The van der Waals surface area contributed by atoms with Crippen molar-refractivity contribution in [1.82, 2.24) is 0 Å². The summed E-state index contributed by atoms with van der Waals surface area (Å²) < 4.78 is 57.7. The predicted molar refractivity (Wildman–Crippen MR) is 210 cm³/mol. The van der Waals surface area contributed by atoms with Gasteiger partial charge in [-0.3, -0.25) is 0 Å². The number of halogens is 4. The highest BCUT2D eigenvalue weighted by Crippen LogP contribution is 2.35. The molecule has 0 N–H and O–H groups in total. The fraction of sp³-hybridized carbons (Fsp3) is 0.489. The van der Waals surface area contributed by atoms with Crippen LogP contribution in [0.3, 0.4) is 0 Å². The average Bonchev–Trinajstić information content (AvgIpc) is 3.18. The highest BCUT2D eigenvalue weighted by molar-refractivity contribution is 5.65. The Balaban J connectivity index is 0.000000204. The molecule has 0 aromatic heterocycles. The number of hydrogen-bond acceptors (Lipinski definition) is 2. The van der Waals surface area contributed by atoms with Crippen LogP contribution in [-0.2, 0) is 12.8 Å². The van der Waals surface area contributed by atoms with Crippen molar-refractivity contribution in [3.63, 3.8) is 0 Å². The molecule has 2 aliphatic rings. The molecule has 0 aliphatic heterocycles. The van der Waals surface area contributed by atoms with E-state index in [1.807, 2.05) is 24.3 Å². The molecule has 53 heavy (non-hydrogen) atoms. The van der Waals surface area contributed by atoms with E-state index in [4.69, 9.17) is 0 Å². The minimum atomic E-state index is -2.78. The van der Waals surface area contributed by atoms with Crippen molar-refractivity contribution < 1.29 is 27.0 Å². The van der Waals surface area contributed by atoms with Crippen molar-refractivity contribution in [2.75, 3.05) is 0 Å². The third-order valence-electron chi connectivity index (χ3n) is 11.6. The fourth-order valence-corrected chi connectivity index (χ4v) is 8.27. The second kappa shape index (κ2) is 21.2. The highest BCUT2D eigenvalue weighted by atomic mass is 19.3. The Labute approximate surface area is 315 Å². The minimum absolute atomic E-state index is 0.193. The molecule has 4 aromatic carbocycles. The number of benzene rings is 4.